The lowest BCUT2D eigenvalue weighted by atomic mass is 9.73. The van der Waals surface area contributed by atoms with E-state index in [1.54, 1.807) is 33.8 Å². The molecule has 0 aliphatic heterocycles. The number of carbonyl (C=O) groups is 2. The van der Waals surface area contributed by atoms with Gasteiger partial charge in [-0.05, 0) is 50.8 Å². The maximum absolute atomic E-state index is 11.5. The Hall–Kier alpha value is -1.84. The summed E-state index contributed by atoms with van der Waals surface area (Å²) in [5, 5.41) is 18.8. The summed E-state index contributed by atoms with van der Waals surface area (Å²) in [6, 6.07) is 5.42. The molecule has 110 valence electrons. The highest BCUT2D eigenvalue weighted by Crippen LogP contribution is 2.35. The fourth-order valence-electron chi connectivity index (χ4n) is 2.10. The van der Waals surface area contributed by atoms with E-state index in [0.29, 0.717) is 11.1 Å². The Labute approximate surface area is 119 Å². The average molecular weight is 278 g/mol. The van der Waals surface area contributed by atoms with E-state index in [-0.39, 0.29) is 0 Å². The molecule has 0 radical (unpaired) electrons. The molecule has 0 saturated heterocycles. The summed E-state index contributed by atoms with van der Waals surface area (Å²) in [5.74, 6) is -1.93. The molecule has 1 aromatic carbocycles. The number of benzene rings is 1. The van der Waals surface area contributed by atoms with Gasteiger partial charge in [0.2, 0.25) is 0 Å². The Kier molecular flexibility index (Phi) is 4.27. The number of hydrogen-bond acceptors (Lipinski definition) is 2. The summed E-state index contributed by atoms with van der Waals surface area (Å²) >= 11 is 0. The number of carboxylic acid groups (broad SMARTS) is 2. The monoisotopic (exact) mass is 278 g/mol. The molecule has 0 bridgehead atoms. The largest absolute Gasteiger partial charge is 0.481 e. The predicted octanol–water partition coefficient (Wildman–Crippen LogP) is 2.97. The number of aliphatic carboxylic acids is 2. The first-order valence-corrected chi connectivity index (χ1v) is 6.65. The fraction of sp³-hybridized carbons (Fsp3) is 0.500. The SMILES string of the molecule is CCc1ccc(C(C)(C)C(=O)O)c(C(C)(C)C(=O)O)c1. The van der Waals surface area contributed by atoms with Crippen molar-refractivity contribution in [3.05, 3.63) is 34.9 Å². The van der Waals surface area contributed by atoms with Crippen LogP contribution < -0.4 is 0 Å². The van der Waals surface area contributed by atoms with Crippen molar-refractivity contribution < 1.29 is 19.8 Å². The van der Waals surface area contributed by atoms with Gasteiger partial charge >= 0.3 is 11.9 Å². The van der Waals surface area contributed by atoms with Crippen molar-refractivity contribution in [3.63, 3.8) is 0 Å². The van der Waals surface area contributed by atoms with Crippen LogP contribution in [0, 0.1) is 0 Å². The van der Waals surface area contributed by atoms with Crippen LogP contribution in [0.3, 0.4) is 0 Å². The second kappa shape index (κ2) is 5.27. The van der Waals surface area contributed by atoms with Crippen LogP contribution in [-0.2, 0) is 26.8 Å². The van der Waals surface area contributed by atoms with Gasteiger partial charge in [0.25, 0.3) is 0 Å². The third-order valence-corrected chi connectivity index (χ3v) is 3.91. The first-order chi connectivity index (χ1) is 9.05. The quantitative estimate of drug-likeness (QED) is 0.868. The third-order valence-electron chi connectivity index (χ3n) is 3.91. The maximum atomic E-state index is 11.5. The molecule has 0 aliphatic rings. The molecular formula is C16H22O4. The van der Waals surface area contributed by atoms with Gasteiger partial charge in [-0.2, -0.15) is 0 Å². The zero-order valence-electron chi connectivity index (χ0n) is 12.7. The number of hydrogen-bond donors (Lipinski definition) is 2. The highest BCUT2D eigenvalue weighted by Gasteiger charge is 2.39. The van der Waals surface area contributed by atoms with Gasteiger partial charge in [-0.3, -0.25) is 9.59 Å². The molecule has 4 heteroatoms. The summed E-state index contributed by atoms with van der Waals surface area (Å²) in [4.78, 5) is 23.0. The molecule has 0 fully saturated rings. The lowest BCUT2D eigenvalue weighted by molar-refractivity contribution is -0.144. The predicted molar refractivity (Wildman–Crippen MR) is 77.1 cm³/mol. The van der Waals surface area contributed by atoms with Crippen molar-refractivity contribution in [2.75, 3.05) is 0 Å². The average Bonchev–Trinajstić information content (AvgIpc) is 2.37. The maximum Gasteiger partial charge on any atom is 0.313 e. The molecule has 0 aliphatic carbocycles. The summed E-state index contributed by atoms with van der Waals surface area (Å²) in [6.45, 7) is 8.38. The van der Waals surface area contributed by atoms with Crippen LogP contribution in [-0.4, -0.2) is 22.2 Å². The molecular weight excluding hydrogens is 256 g/mol. The van der Waals surface area contributed by atoms with Crippen molar-refractivity contribution in [2.45, 2.75) is 51.9 Å². The van der Waals surface area contributed by atoms with E-state index < -0.39 is 22.8 Å². The highest BCUT2D eigenvalue weighted by atomic mass is 16.4. The minimum atomic E-state index is -1.13. The van der Waals surface area contributed by atoms with Crippen LogP contribution >= 0.6 is 0 Å². The zero-order chi connectivity index (χ0) is 15.7. The molecule has 0 heterocycles. The molecule has 0 aromatic heterocycles. The minimum Gasteiger partial charge on any atom is -0.481 e. The van der Waals surface area contributed by atoms with Crippen molar-refractivity contribution in [3.8, 4) is 0 Å². The van der Waals surface area contributed by atoms with Gasteiger partial charge in [0.15, 0.2) is 0 Å². The van der Waals surface area contributed by atoms with Crippen LogP contribution in [0.2, 0.25) is 0 Å². The van der Waals surface area contributed by atoms with Gasteiger partial charge in [-0.15, -0.1) is 0 Å². The van der Waals surface area contributed by atoms with Crippen molar-refractivity contribution in [1.29, 1.82) is 0 Å². The summed E-state index contributed by atoms with van der Waals surface area (Å²) in [7, 11) is 0. The molecule has 0 amide bonds. The molecule has 0 unspecified atom stereocenters. The first-order valence-electron chi connectivity index (χ1n) is 6.65. The van der Waals surface area contributed by atoms with E-state index in [1.807, 2.05) is 19.1 Å². The van der Waals surface area contributed by atoms with Crippen LogP contribution in [0.4, 0.5) is 0 Å². The lowest BCUT2D eigenvalue weighted by Gasteiger charge is -2.30. The second-order valence-corrected chi connectivity index (χ2v) is 6.09. The Morgan fingerprint density at radius 1 is 0.950 bits per heavy atom. The minimum absolute atomic E-state index is 0.551. The normalized spacial score (nSPS) is 12.2. The number of rotatable bonds is 5. The lowest BCUT2D eigenvalue weighted by Crippen LogP contribution is -2.36. The molecule has 1 rings (SSSR count). The van der Waals surface area contributed by atoms with Crippen molar-refractivity contribution in [2.24, 2.45) is 0 Å². The Morgan fingerprint density at radius 3 is 1.80 bits per heavy atom. The van der Waals surface area contributed by atoms with Crippen molar-refractivity contribution >= 4 is 11.9 Å². The van der Waals surface area contributed by atoms with Gasteiger partial charge in [-0.25, -0.2) is 0 Å². The molecule has 20 heavy (non-hydrogen) atoms. The zero-order valence-corrected chi connectivity index (χ0v) is 12.7. The van der Waals surface area contributed by atoms with Gasteiger partial charge in [0.05, 0.1) is 10.8 Å². The summed E-state index contributed by atoms with van der Waals surface area (Å²) < 4.78 is 0. The molecule has 0 atom stereocenters. The van der Waals surface area contributed by atoms with E-state index in [9.17, 15) is 19.8 Å². The van der Waals surface area contributed by atoms with E-state index in [2.05, 4.69) is 0 Å². The Morgan fingerprint density at radius 2 is 1.40 bits per heavy atom. The van der Waals surface area contributed by atoms with E-state index in [4.69, 9.17) is 0 Å². The van der Waals surface area contributed by atoms with Crippen LogP contribution in [0.5, 0.6) is 0 Å². The Bertz CT molecular complexity index is 541. The summed E-state index contributed by atoms with van der Waals surface area (Å²) in [5.41, 5.74) is -0.146. The van der Waals surface area contributed by atoms with Crippen LogP contribution in [0.15, 0.2) is 18.2 Å². The summed E-state index contributed by atoms with van der Waals surface area (Å²) in [6.07, 6.45) is 0.774. The highest BCUT2D eigenvalue weighted by molar-refractivity contribution is 5.85. The van der Waals surface area contributed by atoms with E-state index in [1.165, 1.54) is 0 Å². The molecule has 4 nitrogen and oxygen atoms in total. The topological polar surface area (TPSA) is 74.6 Å². The van der Waals surface area contributed by atoms with Gasteiger partial charge in [0, 0.05) is 0 Å². The number of aryl methyl sites for hydroxylation is 1. The number of carboxylic acids is 2. The smallest absolute Gasteiger partial charge is 0.313 e. The van der Waals surface area contributed by atoms with Gasteiger partial charge in [0.1, 0.15) is 0 Å². The molecule has 2 N–H and O–H groups in total. The standard InChI is InChI=1S/C16H22O4/c1-6-10-7-8-11(15(2,3)13(17)18)12(9-10)16(4,5)14(19)20/h7-9H,6H2,1-5H3,(H,17,18)(H,19,20). The van der Waals surface area contributed by atoms with E-state index in [0.717, 1.165) is 12.0 Å². The van der Waals surface area contributed by atoms with Crippen LogP contribution in [0.1, 0.15) is 51.3 Å². The molecule has 1 aromatic rings. The second-order valence-electron chi connectivity index (χ2n) is 6.09. The van der Waals surface area contributed by atoms with E-state index >= 15 is 0 Å². The fourth-order valence-corrected chi connectivity index (χ4v) is 2.10. The van der Waals surface area contributed by atoms with Crippen LogP contribution in [0.25, 0.3) is 0 Å². The first kappa shape index (κ1) is 16.2. The molecule has 0 saturated carbocycles. The third kappa shape index (κ3) is 2.69. The van der Waals surface area contributed by atoms with Gasteiger partial charge < -0.3 is 10.2 Å². The molecule has 0 spiro atoms. The van der Waals surface area contributed by atoms with Crippen molar-refractivity contribution in [1.82, 2.24) is 0 Å². The Balaban J connectivity index is 3.62. The van der Waals surface area contributed by atoms with Gasteiger partial charge in [-0.1, -0.05) is 25.1 Å².